The number of aryl methyl sites for hydroxylation is 1. The van der Waals surface area contributed by atoms with E-state index in [0.717, 1.165) is 31.2 Å². The molecule has 1 atom stereocenters. The molecule has 0 bridgehead atoms. The summed E-state index contributed by atoms with van der Waals surface area (Å²) in [5, 5.41) is 18.8. The summed E-state index contributed by atoms with van der Waals surface area (Å²) < 4.78 is 76.7. The lowest BCUT2D eigenvalue weighted by molar-refractivity contribution is -0.142. The summed E-state index contributed by atoms with van der Waals surface area (Å²) in [6.07, 6.45) is -4.97. The Balaban J connectivity index is 2.24. The van der Waals surface area contributed by atoms with Crippen LogP contribution in [0, 0.1) is 5.82 Å². The number of aliphatic hydroxyl groups is 1. The van der Waals surface area contributed by atoms with E-state index < -0.39 is 56.4 Å². The molecule has 158 valence electrons. The van der Waals surface area contributed by atoms with Gasteiger partial charge in [-0.3, -0.25) is 10.1 Å². The number of carbonyl (C=O) groups excluding carboxylic acids is 1. The zero-order valence-electron chi connectivity index (χ0n) is 15.2. The van der Waals surface area contributed by atoms with Gasteiger partial charge in [0, 0.05) is 0 Å². The summed E-state index contributed by atoms with van der Waals surface area (Å²) in [5.74, 6) is -4.01. The summed E-state index contributed by atoms with van der Waals surface area (Å²) in [7, 11) is -4.23. The molecule has 0 radical (unpaired) electrons. The van der Waals surface area contributed by atoms with Crippen molar-refractivity contribution in [3.05, 3.63) is 41.5 Å². The van der Waals surface area contributed by atoms with Gasteiger partial charge >= 0.3 is 6.18 Å². The maximum atomic E-state index is 13.0. The Morgan fingerprint density at radius 2 is 1.76 bits per heavy atom. The van der Waals surface area contributed by atoms with Crippen LogP contribution in [0.25, 0.3) is 0 Å². The summed E-state index contributed by atoms with van der Waals surface area (Å²) in [6, 6.07) is 3.67. The highest BCUT2D eigenvalue weighted by atomic mass is 32.2. The molecular weight excluding hydrogens is 420 g/mol. The van der Waals surface area contributed by atoms with Gasteiger partial charge in [-0.25, -0.2) is 17.8 Å². The average Bonchev–Trinajstić information content (AvgIpc) is 2.60. The molecule has 1 heterocycles. The summed E-state index contributed by atoms with van der Waals surface area (Å²) in [6.45, 7) is 2.26. The van der Waals surface area contributed by atoms with Crippen LogP contribution >= 0.6 is 0 Å². The topological polar surface area (TPSA) is 122 Å². The Labute approximate surface area is 162 Å². The third-order valence-electron chi connectivity index (χ3n) is 3.72. The monoisotopic (exact) mass is 436 g/mol. The molecule has 1 amide bonds. The van der Waals surface area contributed by atoms with E-state index in [1.165, 1.54) is 6.92 Å². The largest absolute Gasteiger partial charge is 0.435 e. The highest BCUT2D eigenvalue weighted by Crippen LogP contribution is 2.30. The van der Waals surface area contributed by atoms with Crippen LogP contribution in [0.1, 0.15) is 25.2 Å². The van der Waals surface area contributed by atoms with Crippen LogP contribution in [-0.4, -0.2) is 46.0 Å². The lowest BCUT2D eigenvalue weighted by atomic mass is 10.1. The number of aromatic nitrogens is 3. The Hall–Kier alpha value is -2.67. The molecular formula is C16H16F4N4O4S. The first-order valence-corrected chi connectivity index (χ1v) is 9.74. The van der Waals surface area contributed by atoms with Crippen molar-refractivity contribution in [2.45, 2.75) is 36.9 Å². The van der Waals surface area contributed by atoms with Gasteiger partial charge in [-0.15, -0.1) is 10.2 Å². The van der Waals surface area contributed by atoms with Crippen molar-refractivity contribution in [1.82, 2.24) is 15.2 Å². The highest BCUT2D eigenvalue weighted by molar-refractivity contribution is 7.91. The van der Waals surface area contributed by atoms with Crippen LogP contribution < -0.4 is 5.32 Å². The Kier molecular flexibility index (Phi) is 6.23. The molecule has 0 aliphatic rings. The molecule has 0 aliphatic carbocycles. The second-order valence-corrected chi connectivity index (χ2v) is 8.21. The number of hydrogen-bond acceptors (Lipinski definition) is 7. The minimum Gasteiger partial charge on any atom is -0.379 e. The molecule has 0 saturated carbocycles. The molecule has 1 aromatic carbocycles. The van der Waals surface area contributed by atoms with Gasteiger partial charge in [-0.1, -0.05) is 6.92 Å². The lowest BCUT2D eigenvalue weighted by Gasteiger charge is -2.21. The molecule has 0 saturated heterocycles. The first kappa shape index (κ1) is 22.6. The van der Waals surface area contributed by atoms with E-state index in [9.17, 15) is 35.9 Å². The number of sulfone groups is 1. The normalized spacial score (nSPS) is 14.3. The van der Waals surface area contributed by atoms with E-state index in [-0.39, 0.29) is 11.3 Å². The smallest absolute Gasteiger partial charge is 0.379 e. The number of alkyl halides is 3. The number of carbonyl (C=O) groups is 1. The average molecular weight is 436 g/mol. The van der Waals surface area contributed by atoms with Crippen molar-refractivity contribution in [2.75, 3.05) is 11.1 Å². The van der Waals surface area contributed by atoms with Crippen LogP contribution in [-0.2, 0) is 27.2 Å². The number of hydrogen-bond donors (Lipinski definition) is 2. The van der Waals surface area contributed by atoms with Crippen LogP contribution in [0.2, 0.25) is 0 Å². The maximum Gasteiger partial charge on any atom is 0.435 e. The van der Waals surface area contributed by atoms with Gasteiger partial charge in [0.25, 0.3) is 5.91 Å². The van der Waals surface area contributed by atoms with Crippen molar-refractivity contribution >= 4 is 21.7 Å². The van der Waals surface area contributed by atoms with Crippen molar-refractivity contribution in [3.63, 3.8) is 0 Å². The highest BCUT2D eigenvalue weighted by Gasteiger charge is 2.39. The van der Waals surface area contributed by atoms with Gasteiger partial charge in [-0.05, 0) is 37.6 Å². The molecule has 0 aliphatic heterocycles. The third-order valence-corrected chi connectivity index (χ3v) is 5.65. The second kappa shape index (κ2) is 7.99. The fraction of sp³-hybridized carbons (Fsp3) is 0.375. The standard InChI is InChI=1S/C16H16F4N4O4S/c1-3-11-12(16(18,19)20)21-14(24-23-11)22-13(25)15(2,26)8-29(27,28)10-6-4-9(17)5-7-10/h4-7,26H,3,8H2,1-2H3,(H,21,22,24,25)/t15-/m0/s1. The summed E-state index contributed by atoms with van der Waals surface area (Å²) >= 11 is 0. The molecule has 2 N–H and O–H groups in total. The van der Waals surface area contributed by atoms with Gasteiger partial charge < -0.3 is 5.11 Å². The van der Waals surface area contributed by atoms with Crippen LogP contribution in [0.5, 0.6) is 0 Å². The van der Waals surface area contributed by atoms with Crippen LogP contribution in [0.4, 0.5) is 23.5 Å². The molecule has 0 unspecified atom stereocenters. The predicted molar refractivity (Wildman–Crippen MR) is 91.9 cm³/mol. The molecule has 2 aromatic rings. The van der Waals surface area contributed by atoms with E-state index in [4.69, 9.17) is 0 Å². The van der Waals surface area contributed by atoms with Crippen molar-refractivity contribution in [2.24, 2.45) is 0 Å². The van der Waals surface area contributed by atoms with E-state index in [1.807, 2.05) is 5.32 Å². The Bertz CT molecular complexity index is 1010. The van der Waals surface area contributed by atoms with E-state index in [1.54, 1.807) is 0 Å². The Morgan fingerprint density at radius 1 is 1.17 bits per heavy atom. The van der Waals surface area contributed by atoms with E-state index >= 15 is 0 Å². The fourth-order valence-electron chi connectivity index (χ4n) is 2.26. The number of nitrogens with one attached hydrogen (secondary N) is 1. The van der Waals surface area contributed by atoms with Crippen LogP contribution in [0.15, 0.2) is 29.2 Å². The van der Waals surface area contributed by atoms with Crippen molar-refractivity contribution < 1.29 is 35.9 Å². The van der Waals surface area contributed by atoms with E-state index in [0.29, 0.717) is 0 Å². The minimum absolute atomic E-state index is 0.114. The minimum atomic E-state index is -4.85. The number of nitrogens with zero attached hydrogens (tertiary/aromatic N) is 3. The number of halogens is 4. The zero-order valence-corrected chi connectivity index (χ0v) is 16.0. The number of benzene rings is 1. The van der Waals surface area contributed by atoms with Crippen molar-refractivity contribution in [1.29, 1.82) is 0 Å². The van der Waals surface area contributed by atoms with Gasteiger partial charge in [0.2, 0.25) is 5.95 Å². The molecule has 29 heavy (non-hydrogen) atoms. The second-order valence-electron chi connectivity index (χ2n) is 6.22. The number of anilines is 1. The zero-order chi connectivity index (χ0) is 22.0. The first-order valence-electron chi connectivity index (χ1n) is 8.09. The van der Waals surface area contributed by atoms with Gasteiger partial charge in [-0.2, -0.15) is 13.2 Å². The molecule has 0 fully saturated rings. The molecule has 13 heteroatoms. The number of rotatable bonds is 6. The van der Waals surface area contributed by atoms with Gasteiger partial charge in [0.1, 0.15) is 5.82 Å². The number of amides is 1. The van der Waals surface area contributed by atoms with Crippen LogP contribution in [0.3, 0.4) is 0 Å². The van der Waals surface area contributed by atoms with Gasteiger partial charge in [0.15, 0.2) is 21.1 Å². The Morgan fingerprint density at radius 3 is 2.28 bits per heavy atom. The molecule has 2 rings (SSSR count). The van der Waals surface area contributed by atoms with E-state index in [2.05, 4.69) is 15.2 Å². The lowest BCUT2D eigenvalue weighted by Crippen LogP contribution is -2.46. The SMILES string of the molecule is CCc1nnc(NC(=O)[C@@](C)(O)CS(=O)(=O)c2ccc(F)cc2)nc1C(F)(F)F. The maximum absolute atomic E-state index is 13.0. The quantitative estimate of drug-likeness (QED) is 0.523. The van der Waals surface area contributed by atoms with Crippen molar-refractivity contribution in [3.8, 4) is 0 Å². The predicted octanol–water partition coefficient (Wildman–Crippen LogP) is 1.76. The molecule has 0 spiro atoms. The first-order chi connectivity index (χ1) is 13.3. The third kappa shape index (κ3) is 5.44. The molecule has 8 nitrogen and oxygen atoms in total. The van der Waals surface area contributed by atoms with Gasteiger partial charge in [0.05, 0.1) is 16.3 Å². The molecule has 1 aromatic heterocycles. The summed E-state index contributed by atoms with van der Waals surface area (Å²) in [5.41, 5.74) is -4.36. The summed E-state index contributed by atoms with van der Waals surface area (Å²) in [4.78, 5) is 15.1. The fourth-order valence-corrected chi connectivity index (χ4v) is 3.85.